The molecule has 17 heavy (non-hydrogen) atoms. The van der Waals surface area contributed by atoms with Crippen molar-refractivity contribution in [2.75, 3.05) is 19.0 Å². The fourth-order valence-electron chi connectivity index (χ4n) is 1.29. The molecule has 0 fully saturated rings. The number of rotatable bonds is 7. The maximum atomic E-state index is 12.6. The minimum Gasteiger partial charge on any atom is -0.381 e. The highest BCUT2D eigenvalue weighted by Crippen LogP contribution is 2.03. The van der Waals surface area contributed by atoms with E-state index >= 15 is 0 Å². The Kier molecular flexibility index (Phi) is 5.54. The molecule has 1 aromatic carbocycles. The van der Waals surface area contributed by atoms with Gasteiger partial charge in [0.05, 0.1) is 12.4 Å². The smallest absolute Gasteiger partial charge is 0.264 e. The van der Waals surface area contributed by atoms with Crippen LogP contribution in [0.5, 0.6) is 0 Å². The normalized spacial score (nSPS) is 11.6. The van der Waals surface area contributed by atoms with Crippen molar-refractivity contribution in [3.63, 3.8) is 0 Å². The molecule has 0 aromatic heterocycles. The van der Waals surface area contributed by atoms with Gasteiger partial charge < -0.3 is 4.74 Å². The molecule has 0 heterocycles. The van der Waals surface area contributed by atoms with Gasteiger partial charge in [0.1, 0.15) is 5.82 Å². The lowest BCUT2D eigenvalue weighted by atomic mass is 10.2. The quantitative estimate of drug-likeness (QED) is 0.599. The fourth-order valence-corrected chi connectivity index (χ4v) is 1.77. The Balaban J connectivity index is 2.10. The van der Waals surface area contributed by atoms with Gasteiger partial charge in [-0.05, 0) is 30.5 Å². The lowest BCUT2D eigenvalue weighted by molar-refractivity contribution is 0.138. The van der Waals surface area contributed by atoms with Crippen LogP contribution in [0.3, 0.4) is 0 Å². The predicted molar refractivity (Wildman–Crippen MR) is 62.0 cm³/mol. The third kappa shape index (κ3) is 7.04. The number of ether oxygens (including phenoxy) is 1. The summed E-state index contributed by atoms with van der Waals surface area (Å²) in [6.45, 7) is 0.720. The van der Waals surface area contributed by atoms with Gasteiger partial charge in [0.15, 0.2) is 0 Å². The molecule has 0 aliphatic heterocycles. The molecule has 0 unspecified atom stereocenters. The summed E-state index contributed by atoms with van der Waals surface area (Å²) in [5, 5.41) is 0. The van der Waals surface area contributed by atoms with Gasteiger partial charge in [0.2, 0.25) is 0 Å². The Hall–Kier alpha value is -0.980. The predicted octanol–water partition coefficient (Wildman–Crippen LogP) is 1.66. The maximum absolute atomic E-state index is 12.6. The van der Waals surface area contributed by atoms with E-state index in [-0.39, 0.29) is 24.6 Å². The molecule has 0 saturated carbocycles. The van der Waals surface area contributed by atoms with E-state index in [0.717, 1.165) is 5.56 Å². The van der Waals surface area contributed by atoms with E-state index in [1.165, 1.54) is 12.1 Å². The lowest BCUT2D eigenvalue weighted by Crippen LogP contribution is -2.08. The molecule has 6 heteroatoms. The van der Waals surface area contributed by atoms with Crippen molar-refractivity contribution in [2.45, 2.75) is 12.8 Å². The molecular weight excluding hydrogens is 247 g/mol. The van der Waals surface area contributed by atoms with E-state index in [9.17, 15) is 12.8 Å². The molecule has 0 aliphatic carbocycles. The van der Waals surface area contributed by atoms with Gasteiger partial charge >= 0.3 is 0 Å². The average Bonchev–Trinajstić information content (AvgIpc) is 2.24. The van der Waals surface area contributed by atoms with Crippen molar-refractivity contribution in [1.29, 1.82) is 0 Å². The van der Waals surface area contributed by atoms with E-state index in [1.807, 2.05) is 0 Å². The van der Waals surface area contributed by atoms with Gasteiger partial charge in [0.25, 0.3) is 10.1 Å². The van der Waals surface area contributed by atoms with Crippen molar-refractivity contribution >= 4 is 10.1 Å². The molecular formula is C11H15FO4S. The highest BCUT2D eigenvalue weighted by molar-refractivity contribution is 7.85. The second-order valence-electron chi connectivity index (χ2n) is 3.63. The Morgan fingerprint density at radius 3 is 2.41 bits per heavy atom. The van der Waals surface area contributed by atoms with E-state index < -0.39 is 10.1 Å². The van der Waals surface area contributed by atoms with E-state index in [2.05, 4.69) is 0 Å². The van der Waals surface area contributed by atoms with Crippen molar-refractivity contribution in [3.8, 4) is 0 Å². The Morgan fingerprint density at radius 1 is 1.18 bits per heavy atom. The average molecular weight is 262 g/mol. The summed E-state index contributed by atoms with van der Waals surface area (Å²) >= 11 is 0. The van der Waals surface area contributed by atoms with E-state index in [1.54, 1.807) is 12.1 Å². The number of hydrogen-bond donors (Lipinski definition) is 1. The highest BCUT2D eigenvalue weighted by atomic mass is 32.2. The Bertz CT molecular complexity index is 427. The zero-order valence-corrected chi connectivity index (χ0v) is 10.1. The first-order chi connectivity index (χ1) is 7.97. The Labute approximate surface area is 100 Å². The zero-order chi connectivity index (χ0) is 12.7. The number of halogens is 1. The van der Waals surface area contributed by atoms with Gasteiger partial charge in [-0.2, -0.15) is 8.42 Å². The summed E-state index contributed by atoms with van der Waals surface area (Å²) in [4.78, 5) is 0. The summed E-state index contributed by atoms with van der Waals surface area (Å²) in [5.41, 5.74) is 0.959. The van der Waals surface area contributed by atoms with E-state index in [0.29, 0.717) is 13.0 Å². The minimum atomic E-state index is -3.89. The molecule has 0 radical (unpaired) electrons. The third-order valence-corrected chi connectivity index (χ3v) is 2.94. The molecule has 1 aromatic rings. The van der Waals surface area contributed by atoms with Crippen molar-refractivity contribution in [3.05, 3.63) is 35.6 Å². The second-order valence-corrected chi connectivity index (χ2v) is 5.20. The molecule has 0 spiro atoms. The maximum Gasteiger partial charge on any atom is 0.264 e. The highest BCUT2D eigenvalue weighted by Gasteiger charge is 2.03. The SMILES string of the molecule is O=S(=O)(O)CCCOCCc1ccc(F)cc1. The van der Waals surface area contributed by atoms with Crippen LogP contribution < -0.4 is 0 Å². The van der Waals surface area contributed by atoms with Gasteiger partial charge in [-0.15, -0.1) is 0 Å². The van der Waals surface area contributed by atoms with E-state index in [4.69, 9.17) is 9.29 Å². The molecule has 0 aliphatic rings. The first-order valence-electron chi connectivity index (χ1n) is 5.25. The van der Waals surface area contributed by atoms with Crippen LogP contribution in [-0.2, 0) is 21.3 Å². The van der Waals surface area contributed by atoms with Crippen molar-refractivity contribution < 1.29 is 22.1 Å². The Morgan fingerprint density at radius 2 is 1.82 bits per heavy atom. The van der Waals surface area contributed by atoms with Crippen LogP contribution in [0.15, 0.2) is 24.3 Å². The molecule has 0 bridgehead atoms. The minimum absolute atomic E-state index is 0.266. The summed E-state index contributed by atoms with van der Waals surface area (Å²) in [7, 11) is -3.89. The van der Waals surface area contributed by atoms with Crippen LogP contribution in [0, 0.1) is 5.82 Å². The first-order valence-corrected chi connectivity index (χ1v) is 6.86. The van der Waals surface area contributed by atoms with Gasteiger partial charge in [-0.25, -0.2) is 4.39 Å². The van der Waals surface area contributed by atoms with Crippen LogP contribution in [0.2, 0.25) is 0 Å². The lowest BCUT2D eigenvalue weighted by Gasteiger charge is -2.03. The fraction of sp³-hybridized carbons (Fsp3) is 0.455. The number of hydrogen-bond acceptors (Lipinski definition) is 3. The molecule has 1 N–H and O–H groups in total. The molecule has 4 nitrogen and oxygen atoms in total. The summed E-state index contributed by atoms with van der Waals surface area (Å²) in [5.74, 6) is -0.563. The summed E-state index contributed by atoms with van der Waals surface area (Å²) in [6, 6.07) is 6.12. The second kappa shape index (κ2) is 6.68. The standard InChI is InChI=1S/C11H15FO4S/c12-11-4-2-10(3-5-11)6-8-16-7-1-9-17(13,14)15/h2-5H,1,6-9H2,(H,13,14,15). The summed E-state index contributed by atoms with van der Waals surface area (Å²) < 4.78 is 47.0. The molecule has 96 valence electrons. The summed E-state index contributed by atoms with van der Waals surface area (Å²) in [6.07, 6.45) is 0.911. The van der Waals surface area contributed by atoms with Crippen LogP contribution in [0.4, 0.5) is 4.39 Å². The van der Waals surface area contributed by atoms with Crippen LogP contribution >= 0.6 is 0 Å². The molecule has 0 amide bonds. The largest absolute Gasteiger partial charge is 0.381 e. The molecule has 0 saturated heterocycles. The third-order valence-electron chi connectivity index (χ3n) is 2.14. The zero-order valence-electron chi connectivity index (χ0n) is 9.30. The first kappa shape index (κ1) is 14.1. The molecule has 1 rings (SSSR count). The monoisotopic (exact) mass is 262 g/mol. The van der Waals surface area contributed by atoms with Gasteiger partial charge in [-0.1, -0.05) is 12.1 Å². The molecule has 0 atom stereocenters. The van der Waals surface area contributed by atoms with Crippen molar-refractivity contribution in [2.24, 2.45) is 0 Å². The van der Waals surface area contributed by atoms with Gasteiger partial charge in [0, 0.05) is 6.61 Å². The van der Waals surface area contributed by atoms with Crippen LogP contribution in [-0.4, -0.2) is 31.9 Å². The van der Waals surface area contributed by atoms with Crippen LogP contribution in [0.25, 0.3) is 0 Å². The van der Waals surface area contributed by atoms with Crippen molar-refractivity contribution in [1.82, 2.24) is 0 Å². The topological polar surface area (TPSA) is 63.6 Å². The van der Waals surface area contributed by atoms with Gasteiger partial charge in [-0.3, -0.25) is 4.55 Å². The van der Waals surface area contributed by atoms with Crippen LogP contribution in [0.1, 0.15) is 12.0 Å². The number of benzene rings is 1.